The molecule has 2 rings (SSSR count). The number of carbonyl (C=O) groups excluding carboxylic acids is 2. The smallest absolute Gasteiger partial charge is 0.333 e. The predicted molar refractivity (Wildman–Crippen MR) is 87.4 cm³/mol. The van der Waals surface area contributed by atoms with Gasteiger partial charge in [-0.05, 0) is 35.9 Å². The van der Waals surface area contributed by atoms with Crippen molar-refractivity contribution in [2.45, 2.75) is 6.54 Å². The van der Waals surface area contributed by atoms with Crippen LogP contribution in [0.3, 0.4) is 0 Å². The van der Waals surface area contributed by atoms with Gasteiger partial charge in [-0.2, -0.15) is 0 Å². The third-order valence-electron chi connectivity index (χ3n) is 2.67. The Balaban J connectivity index is 1.63. The Morgan fingerprint density at radius 3 is 2.61 bits per heavy atom. The number of ether oxygens (including phenoxy) is 1. The molecule has 1 aromatic heterocycles. The Hall–Kier alpha value is -2.61. The van der Waals surface area contributed by atoms with Gasteiger partial charge in [-0.15, -0.1) is 0 Å². The molecule has 3 N–H and O–H groups in total. The van der Waals surface area contributed by atoms with Crippen LogP contribution in [0.15, 0.2) is 53.3 Å². The van der Waals surface area contributed by atoms with Crippen molar-refractivity contribution in [3.8, 4) is 5.75 Å². The molecule has 3 amide bonds. The molecule has 0 radical (unpaired) electrons. The first-order valence-corrected chi connectivity index (χ1v) is 7.53. The number of hydrogen-bond acceptors (Lipinski definition) is 4. The van der Waals surface area contributed by atoms with Crippen molar-refractivity contribution >= 4 is 27.9 Å². The molecule has 0 atom stereocenters. The average molecular weight is 379 g/mol. The number of amides is 3. The van der Waals surface area contributed by atoms with E-state index in [1.54, 1.807) is 42.7 Å². The molecular weight excluding hydrogens is 364 g/mol. The number of pyridine rings is 1. The van der Waals surface area contributed by atoms with Crippen molar-refractivity contribution in [2.75, 3.05) is 6.61 Å². The van der Waals surface area contributed by atoms with Gasteiger partial charge in [-0.1, -0.05) is 22.0 Å². The third-order valence-corrected chi connectivity index (χ3v) is 3.20. The lowest BCUT2D eigenvalue weighted by atomic mass is 10.3. The summed E-state index contributed by atoms with van der Waals surface area (Å²) in [4.78, 5) is 27.0. The van der Waals surface area contributed by atoms with Gasteiger partial charge in [-0.25, -0.2) is 10.2 Å². The van der Waals surface area contributed by atoms with Crippen LogP contribution in [0.2, 0.25) is 0 Å². The van der Waals surface area contributed by atoms with E-state index in [4.69, 9.17) is 4.74 Å². The lowest BCUT2D eigenvalue weighted by Crippen LogP contribution is -2.48. The van der Waals surface area contributed by atoms with E-state index in [9.17, 15) is 9.59 Å². The average Bonchev–Trinajstić information content (AvgIpc) is 2.58. The quantitative estimate of drug-likeness (QED) is 0.691. The molecule has 23 heavy (non-hydrogen) atoms. The third kappa shape index (κ3) is 6.35. The first kappa shape index (κ1) is 16.8. The van der Waals surface area contributed by atoms with E-state index in [-0.39, 0.29) is 6.61 Å². The molecular formula is C15H15BrN4O3. The van der Waals surface area contributed by atoms with Crippen LogP contribution in [0.4, 0.5) is 4.79 Å². The van der Waals surface area contributed by atoms with Crippen molar-refractivity contribution in [2.24, 2.45) is 0 Å². The monoisotopic (exact) mass is 378 g/mol. The highest BCUT2D eigenvalue weighted by molar-refractivity contribution is 9.10. The number of benzene rings is 1. The number of aromatic nitrogens is 1. The van der Waals surface area contributed by atoms with E-state index in [0.29, 0.717) is 12.3 Å². The molecule has 1 aromatic carbocycles. The highest BCUT2D eigenvalue weighted by atomic mass is 79.9. The topological polar surface area (TPSA) is 92.4 Å². The van der Waals surface area contributed by atoms with E-state index < -0.39 is 11.9 Å². The molecule has 0 bridgehead atoms. The number of hydrogen-bond donors (Lipinski definition) is 3. The van der Waals surface area contributed by atoms with Gasteiger partial charge in [0.05, 0.1) is 0 Å². The normalized spacial score (nSPS) is 9.78. The fourth-order valence-electron chi connectivity index (χ4n) is 1.57. The van der Waals surface area contributed by atoms with Gasteiger partial charge in [0.1, 0.15) is 5.75 Å². The Bertz CT molecular complexity index is 650. The molecule has 0 aliphatic carbocycles. The lowest BCUT2D eigenvalue weighted by Gasteiger charge is -2.10. The van der Waals surface area contributed by atoms with Crippen molar-refractivity contribution in [3.63, 3.8) is 0 Å². The Kier molecular flexibility index (Phi) is 6.37. The number of nitrogens with one attached hydrogen (secondary N) is 3. The maximum atomic E-state index is 11.6. The zero-order valence-corrected chi connectivity index (χ0v) is 13.7. The second-order valence-corrected chi connectivity index (χ2v) is 5.38. The summed E-state index contributed by atoms with van der Waals surface area (Å²) in [5, 5.41) is 2.58. The summed E-state index contributed by atoms with van der Waals surface area (Å²) in [6.45, 7) is 0.107. The number of nitrogens with zero attached hydrogens (tertiary/aromatic N) is 1. The number of halogens is 1. The zero-order chi connectivity index (χ0) is 16.5. The number of rotatable bonds is 5. The summed E-state index contributed by atoms with van der Waals surface area (Å²) in [6, 6.07) is 10.1. The molecule has 0 spiro atoms. The molecule has 0 aliphatic rings. The maximum absolute atomic E-state index is 11.6. The van der Waals surface area contributed by atoms with Gasteiger partial charge in [0.15, 0.2) is 6.61 Å². The molecule has 1 heterocycles. The minimum atomic E-state index is -0.522. The summed E-state index contributed by atoms with van der Waals surface area (Å²) >= 11 is 3.30. The van der Waals surface area contributed by atoms with Gasteiger partial charge in [0.25, 0.3) is 5.91 Å². The molecule has 0 unspecified atom stereocenters. The van der Waals surface area contributed by atoms with Gasteiger partial charge >= 0.3 is 6.03 Å². The van der Waals surface area contributed by atoms with Crippen molar-refractivity contribution in [3.05, 3.63) is 58.8 Å². The number of hydrazine groups is 1. The molecule has 0 aliphatic heterocycles. The van der Waals surface area contributed by atoms with Crippen LogP contribution in [0.1, 0.15) is 5.56 Å². The van der Waals surface area contributed by atoms with E-state index >= 15 is 0 Å². The Morgan fingerprint density at radius 1 is 1.13 bits per heavy atom. The summed E-state index contributed by atoms with van der Waals surface area (Å²) < 4.78 is 6.19. The lowest BCUT2D eigenvalue weighted by molar-refractivity contribution is -0.123. The second kappa shape index (κ2) is 8.74. The number of carbonyl (C=O) groups is 2. The largest absolute Gasteiger partial charge is 0.484 e. The molecule has 8 heteroatoms. The minimum Gasteiger partial charge on any atom is -0.484 e. The van der Waals surface area contributed by atoms with Crippen LogP contribution in [0.5, 0.6) is 5.75 Å². The van der Waals surface area contributed by atoms with Crippen molar-refractivity contribution in [1.29, 1.82) is 0 Å². The van der Waals surface area contributed by atoms with E-state index in [1.165, 1.54) is 0 Å². The Labute approximate surface area is 141 Å². The second-order valence-electron chi connectivity index (χ2n) is 4.46. The highest BCUT2D eigenvalue weighted by Gasteiger charge is 2.05. The molecule has 0 saturated carbocycles. The fourth-order valence-corrected chi connectivity index (χ4v) is 1.84. The van der Waals surface area contributed by atoms with E-state index in [2.05, 4.69) is 37.1 Å². The van der Waals surface area contributed by atoms with Crippen LogP contribution in [0.25, 0.3) is 0 Å². The SMILES string of the molecule is O=C(COc1ccc(Br)cc1)NNC(=O)NCc1cccnc1. The van der Waals surface area contributed by atoms with Crippen molar-refractivity contribution < 1.29 is 14.3 Å². The van der Waals surface area contributed by atoms with Gasteiger partial charge in [0.2, 0.25) is 0 Å². The summed E-state index contributed by atoms with van der Waals surface area (Å²) in [7, 11) is 0. The predicted octanol–water partition coefficient (Wildman–Crippen LogP) is 1.75. The molecule has 0 saturated heterocycles. The summed E-state index contributed by atoms with van der Waals surface area (Å²) in [6.07, 6.45) is 3.29. The summed E-state index contributed by atoms with van der Waals surface area (Å²) in [5.41, 5.74) is 5.34. The fraction of sp³-hybridized carbons (Fsp3) is 0.133. The molecule has 120 valence electrons. The van der Waals surface area contributed by atoms with Gasteiger partial charge < -0.3 is 10.1 Å². The first-order chi connectivity index (χ1) is 11.1. The molecule has 2 aromatic rings. The maximum Gasteiger partial charge on any atom is 0.333 e. The standard InChI is InChI=1S/C15H15BrN4O3/c16-12-3-5-13(6-4-12)23-10-14(21)19-20-15(22)18-9-11-2-1-7-17-8-11/h1-8H,9-10H2,(H,19,21)(H2,18,20,22). The van der Waals surface area contributed by atoms with Crippen LogP contribution in [-0.4, -0.2) is 23.5 Å². The molecule has 0 fully saturated rings. The van der Waals surface area contributed by atoms with Gasteiger partial charge in [-0.3, -0.25) is 15.2 Å². The molecule has 7 nitrogen and oxygen atoms in total. The van der Waals surface area contributed by atoms with Crippen molar-refractivity contribution in [1.82, 2.24) is 21.2 Å². The van der Waals surface area contributed by atoms with Crippen LogP contribution in [0, 0.1) is 0 Å². The van der Waals surface area contributed by atoms with Gasteiger partial charge in [0, 0.05) is 23.4 Å². The summed E-state index contributed by atoms with van der Waals surface area (Å²) in [5.74, 6) is 0.0915. The Morgan fingerprint density at radius 2 is 1.91 bits per heavy atom. The number of urea groups is 1. The van der Waals surface area contributed by atoms with E-state index in [0.717, 1.165) is 10.0 Å². The minimum absolute atomic E-state index is 0.204. The first-order valence-electron chi connectivity index (χ1n) is 6.73. The van der Waals surface area contributed by atoms with E-state index in [1.807, 2.05) is 6.07 Å². The van der Waals surface area contributed by atoms with Crippen LogP contribution < -0.4 is 20.9 Å². The van der Waals surface area contributed by atoms with Crippen LogP contribution >= 0.6 is 15.9 Å². The van der Waals surface area contributed by atoms with Crippen LogP contribution in [-0.2, 0) is 11.3 Å². The zero-order valence-electron chi connectivity index (χ0n) is 12.1. The highest BCUT2D eigenvalue weighted by Crippen LogP contribution is 2.15.